The maximum absolute atomic E-state index is 13.1. The van der Waals surface area contributed by atoms with Gasteiger partial charge in [0.25, 0.3) is 0 Å². The van der Waals surface area contributed by atoms with E-state index in [1.165, 1.54) is 30.4 Å². The smallest absolute Gasteiger partial charge is 0.231 e. The van der Waals surface area contributed by atoms with Gasteiger partial charge in [-0.25, -0.2) is 0 Å². The monoisotopic (exact) mass is 494 g/mol. The third-order valence-electron chi connectivity index (χ3n) is 8.59. The van der Waals surface area contributed by atoms with Crippen LogP contribution in [0.3, 0.4) is 0 Å². The molecule has 4 rings (SSSR count). The van der Waals surface area contributed by atoms with Gasteiger partial charge >= 0.3 is 0 Å². The highest BCUT2D eigenvalue weighted by Crippen LogP contribution is 2.51. The lowest BCUT2D eigenvalue weighted by atomic mass is 9.71. The third kappa shape index (κ3) is 5.41. The van der Waals surface area contributed by atoms with Crippen LogP contribution in [-0.4, -0.2) is 44.8 Å². The van der Waals surface area contributed by atoms with Gasteiger partial charge < -0.3 is 18.7 Å². The van der Waals surface area contributed by atoms with Gasteiger partial charge in [-0.1, -0.05) is 42.7 Å². The molecule has 1 atom stereocenters. The molecule has 0 saturated heterocycles. The zero-order valence-electron chi connectivity index (χ0n) is 23.3. The molecule has 36 heavy (non-hydrogen) atoms. The SMILES string of the molecule is COc1c2c(cc3c1[C@H](CC(=O)/C=C/C=C(/C)CCC1=C(C)CCCC1(C)C)[N+](C)(C)CC3)OCO2. The van der Waals surface area contributed by atoms with E-state index >= 15 is 0 Å². The zero-order chi connectivity index (χ0) is 26.1. The van der Waals surface area contributed by atoms with Gasteiger partial charge in [0.15, 0.2) is 17.3 Å². The van der Waals surface area contributed by atoms with Crippen molar-refractivity contribution in [2.45, 2.75) is 78.7 Å². The van der Waals surface area contributed by atoms with Crippen molar-refractivity contribution in [1.82, 2.24) is 0 Å². The molecule has 1 aromatic rings. The van der Waals surface area contributed by atoms with Crippen LogP contribution in [0.4, 0.5) is 0 Å². The first kappa shape index (κ1) is 26.5. The summed E-state index contributed by atoms with van der Waals surface area (Å²) < 4.78 is 17.9. The number of quaternary nitrogens is 1. The summed E-state index contributed by atoms with van der Waals surface area (Å²) >= 11 is 0. The van der Waals surface area contributed by atoms with E-state index in [0.717, 1.165) is 47.4 Å². The molecule has 0 saturated carbocycles. The molecule has 0 radical (unpaired) electrons. The van der Waals surface area contributed by atoms with Crippen LogP contribution >= 0.6 is 0 Å². The topological polar surface area (TPSA) is 44.8 Å². The Balaban J connectivity index is 1.45. The Bertz CT molecular complexity index is 1110. The van der Waals surface area contributed by atoms with Crippen LogP contribution in [0.2, 0.25) is 0 Å². The fourth-order valence-corrected chi connectivity index (χ4v) is 6.33. The van der Waals surface area contributed by atoms with E-state index < -0.39 is 0 Å². The molecule has 2 heterocycles. The fourth-order valence-electron chi connectivity index (χ4n) is 6.33. The summed E-state index contributed by atoms with van der Waals surface area (Å²) in [6.45, 7) is 10.4. The Morgan fingerprint density at radius 2 is 2.03 bits per heavy atom. The van der Waals surface area contributed by atoms with Crippen molar-refractivity contribution in [2.75, 3.05) is 34.5 Å². The average Bonchev–Trinajstić information content (AvgIpc) is 3.27. The van der Waals surface area contributed by atoms with Gasteiger partial charge in [0.05, 0.1) is 39.7 Å². The molecule has 0 spiro atoms. The Morgan fingerprint density at radius 3 is 2.75 bits per heavy atom. The van der Waals surface area contributed by atoms with E-state index in [-0.39, 0.29) is 18.6 Å². The molecule has 1 aliphatic carbocycles. The number of rotatable bonds is 8. The van der Waals surface area contributed by atoms with Crippen molar-refractivity contribution >= 4 is 5.78 Å². The Hall–Kier alpha value is -2.53. The van der Waals surface area contributed by atoms with Crippen LogP contribution in [-0.2, 0) is 11.2 Å². The predicted molar refractivity (Wildman–Crippen MR) is 145 cm³/mol. The van der Waals surface area contributed by atoms with Crippen molar-refractivity contribution in [2.24, 2.45) is 5.41 Å². The van der Waals surface area contributed by atoms with Crippen LogP contribution in [0, 0.1) is 5.41 Å². The molecule has 5 heteroatoms. The fraction of sp³-hybridized carbons (Fsp3) is 0.581. The van der Waals surface area contributed by atoms with Gasteiger partial charge in [-0.2, -0.15) is 0 Å². The summed E-state index contributed by atoms with van der Waals surface area (Å²) in [7, 11) is 6.06. The normalized spacial score (nSPS) is 22.6. The van der Waals surface area contributed by atoms with E-state index in [0.29, 0.717) is 17.6 Å². The van der Waals surface area contributed by atoms with Crippen molar-refractivity contribution < 1.29 is 23.5 Å². The number of carbonyl (C=O) groups is 1. The van der Waals surface area contributed by atoms with Crippen LogP contribution in [0.25, 0.3) is 0 Å². The third-order valence-corrected chi connectivity index (χ3v) is 8.59. The first-order valence-corrected chi connectivity index (χ1v) is 13.4. The predicted octanol–water partition coefficient (Wildman–Crippen LogP) is 6.87. The molecule has 0 N–H and O–H groups in total. The highest BCUT2D eigenvalue weighted by Gasteiger charge is 2.42. The van der Waals surface area contributed by atoms with E-state index in [9.17, 15) is 4.79 Å². The van der Waals surface area contributed by atoms with Crippen molar-refractivity contribution in [3.63, 3.8) is 0 Å². The van der Waals surface area contributed by atoms with Gasteiger partial charge in [-0.3, -0.25) is 4.79 Å². The van der Waals surface area contributed by atoms with Crippen molar-refractivity contribution in [3.05, 3.63) is 52.1 Å². The zero-order valence-corrected chi connectivity index (χ0v) is 23.3. The minimum atomic E-state index is 0.00359. The number of nitrogens with zero attached hydrogens (tertiary/aromatic N) is 1. The quantitative estimate of drug-likeness (QED) is 0.171. The largest absolute Gasteiger partial charge is 0.492 e. The number of hydrogen-bond donors (Lipinski definition) is 0. The first-order valence-electron chi connectivity index (χ1n) is 13.4. The number of allylic oxidation sites excluding steroid dienone is 6. The molecule has 0 aromatic heterocycles. The second kappa shape index (κ2) is 10.5. The second-order valence-electron chi connectivity index (χ2n) is 12.0. The summed E-state index contributed by atoms with van der Waals surface area (Å²) in [6.07, 6.45) is 13.1. The lowest BCUT2D eigenvalue weighted by Crippen LogP contribution is -2.48. The molecule has 0 fully saturated rings. The average molecular weight is 495 g/mol. The van der Waals surface area contributed by atoms with Gasteiger partial charge in [-0.15, -0.1) is 0 Å². The lowest BCUT2D eigenvalue weighted by molar-refractivity contribution is -0.922. The van der Waals surface area contributed by atoms with Gasteiger partial charge in [0.1, 0.15) is 6.04 Å². The number of ether oxygens (including phenoxy) is 3. The number of ketones is 1. The van der Waals surface area contributed by atoms with Gasteiger partial charge in [0, 0.05) is 6.42 Å². The highest BCUT2D eigenvalue weighted by atomic mass is 16.7. The molecular weight excluding hydrogens is 450 g/mol. The molecule has 5 nitrogen and oxygen atoms in total. The molecular formula is C31H44NO4+. The molecule has 0 unspecified atom stereocenters. The van der Waals surface area contributed by atoms with Crippen LogP contribution < -0.4 is 14.2 Å². The maximum Gasteiger partial charge on any atom is 0.231 e. The molecule has 3 aliphatic rings. The number of benzene rings is 1. The van der Waals surface area contributed by atoms with Gasteiger partial charge in [0.2, 0.25) is 12.5 Å². The summed E-state index contributed by atoms with van der Waals surface area (Å²) in [5.41, 5.74) is 7.12. The summed E-state index contributed by atoms with van der Waals surface area (Å²) in [4.78, 5) is 13.1. The maximum atomic E-state index is 13.1. The van der Waals surface area contributed by atoms with Crippen LogP contribution in [0.15, 0.2) is 41.0 Å². The standard InChI is InChI=1S/C31H44NO4/c1-21(13-14-25-22(2)11-9-16-31(25,3)4)10-8-12-24(33)19-26-28-23(15-17-32(26,5)6)18-27-29(30(28)34-7)36-20-35-27/h8,10,12,18,26H,9,11,13-17,19-20H2,1-7H3/q+1/b12-8+,21-10-/t26-/m0/s1. The Kier molecular flexibility index (Phi) is 7.70. The summed E-state index contributed by atoms with van der Waals surface area (Å²) in [5.74, 6) is 2.26. The summed E-state index contributed by atoms with van der Waals surface area (Å²) in [5, 5.41) is 0. The van der Waals surface area contributed by atoms with Crippen molar-refractivity contribution in [3.8, 4) is 17.2 Å². The van der Waals surface area contributed by atoms with E-state index in [1.807, 2.05) is 6.08 Å². The second-order valence-corrected chi connectivity index (χ2v) is 12.0. The first-order chi connectivity index (χ1) is 17.0. The number of hydrogen-bond acceptors (Lipinski definition) is 4. The molecule has 2 aliphatic heterocycles. The van der Waals surface area contributed by atoms with E-state index in [4.69, 9.17) is 14.2 Å². The minimum Gasteiger partial charge on any atom is -0.492 e. The van der Waals surface area contributed by atoms with E-state index in [2.05, 4.69) is 53.9 Å². The van der Waals surface area contributed by atoms with Crippen LogP contribution in [0.5, 0.6) is 17.2 Å². The highest BCUT2D eigenvalue weighted by molar-refractivity contribution is 5.90. The Morgan fingerprint density at radius 1 is 1.25 bits per heavy atom. The van der Waals surface area contributed by atoms with Crippen LogP contribution in [0.1, 0.15) is 83.4 Å². The Labute approximate surface area is 217 Å². The molecule has 196 valence electrons. The number of likely N-dealkylation sites (N-methyl/N-ethyl adjacent to an activating group) is 1. The minimum absolute atomic E-state index is 0.00359. The molecule has 1 aromatic carbocycles. The number of methoxy groups -OCH3 is 1. The van der Waals surface area contributed by atoms with E-state index in [1.54, 1.807) is 24.3 Å². The lowest BCUT2D eigenvalue weighted by Gasteiger charge is -2.43. The summed E-state index contributed by atoms with van der Waals surface area (Å²) in [6, 6.07) is 2.08. The number of carbonyl (C=O) groups excluding carboxylic acids is 1. The molecule has 0 amide bonds. The van der Waals surface area contributed by atoms with Crippen molar-refractivity contribution in [1.29, 1.82) is 0 Å². The van der Waals surface area contributed by atoms with Gasteiger partial charge in [-0.05, 0) is 69.1 Å². The number of fused-ring (bicyclic) bond motifs is 2. The molecule has 0 bridgehead atoms.